The average molecular weight is 518 g/mol. The molecule has 1 heterocycles. The molecule has 36 heavy (non-hydrogen) atoms. The summed E-state index contributed by atoms with van der Waals surface area (Å²) in [6.07, 6.45) is 3.21. The molecule has 0 aliphatic carbocycles. The minimum Gasteiger partial charge on any atom is -0.380 e. The zero-order chi connectivity index (χ0) is 26.7. The second kappa shape index (κ2) is 11.0. The monoisotopic (exact) mass is 517 g/mol. The van der Waals surface area contributed by atoms with E-state index in [1.807, 2.05) is 20.8 Å². The summed E-state index contributed by atoms with van der Waals surface area (Å²) in [5.41, 5.74) is 1.34. The molecule has 196 valence electrons. The number of rotatable bonds is 8. The van der Waals surface area contributed by atoms with Crippen molar-refractivity contribution in [3.63, 3.8) is 0 Å². The predicted octanol–water partition coefficient (Wildman–Crippen LogP) is 4.04. The average Bonchev–Trinajstić information content (AvgIpc) is 2.82. The van der Waals surface area contributed by atoms with Gasteiger partial charge in [0, 0.05) is 30.6 Å². The molecule has 1 aliphatic heterocycles. The number of hydrogen-bond acceptors (Lipinski definition) is 5. The summed E-state index contributed by atoms with van der Waals surface area (Å²) in [7, 11) is -3.26. The lowest BCUT2D eigenvalue weighted by atomic mass is 9.88. The van der Waals surface area contributed by atoms with Gasteiger partial charge in [0.15, 0.2) is 9.84 Å². The van der Waals surface area contributed by atoms with E-state index in [0.29, 0.717) is 32.4 Å². The molecule has 3 rings (SSSR count). The van der Waals surface area contributed by atoms with Crippen molar-refractivity contribution < 1.29 is 22.4 Å². The van der Waals surface area contributed by atoms with Crippen LogP contribution >= 0.6 is 0 Å². The molecule has 1 fully saturated rings. The van der Waals surface area contributed by atoms with Crippen molar-refractivity contribution in [3.05, 3.63) is 59.4 Å². The Morgan fingerprint density at radius 3 is 2.22 bits per heavy atom. The lowest BCUT2D eigenvalue weighted by molar-refractivity contribution is -0.135. The summed E-state index contributed by atoms with van der Waals surface area (Å²) in [6, 6.07) is 10.4. The Labute approximate surface area is 213 Å². The number of carbonyl (C=O) groups is 2. The van der Waals surface area contributed by atoms with Crippen molar-refractivity contribution in [2.24, 2.45) is 5.92 Å². The topological polar surface area (TPSA) is 95.6 Å². The fourth-order valence-corrected chi connectivity index (χ4v) is 5.01. The second-order valence-corrected chi connectivity index (χ2v) is 12.2. The van der Waals surface area contributed by atoms with Gasteiger partial charge in [-0.3, -0.25) is 9.59 Å². The van der Waals surface area contributed by atoms with Crippen molar-refractivity contribution in [1.29, 1.82) is 0 Å². The van der Waals surface area contributed by atoms with Crippen LogP contribution in [0.25, 0.3) is 0 Å². The van der Waals surface area contributed by atoms with Crippen molar-refractivity contribution >= 4 is 27.3 Å². The van der Waals surface area contributed by atoms with Crippen LogP contribution < -0.4 is 10.6 Å². The quantitative estimate of drug-likeness (QED) is 0.551. The molecule has 1 saturated heterocycles. The third-order valence-corrected chi connectivity index (χ3v) is 7.94. The molecule has 0 radical (unpaired) electrons. The van der Waals surface area contributed by atoms with Gasteiger partial charge in [0.25, 0.3) is 5.91 Å². The molecule has 1 atom stereocenters. The van der Waals surface area contributed by atoms with Gasteiger partial charge >= 0.3 is 0 Å². The van der Waals surface area contributed by atoms with Crippen LogP contribution in [0.5, 0.6) is 0 Å². The van der Waals surface area contributed by atoms with E-state index in [4.69, 9.17) is 0 Å². The molecular formula is C27H36FN3O4S. The molecule has 1 aliphatic rings. The van der Waals surface area contributed by atoms with Crippen LogP contribution in [0, 0.1) is 11.7 Å². The molecule has 0 bridgehead atoms. The predicted molar refractivity (Wildman–Crippen MR) is 139 cm³/mol. The fourth-order valence-electron chi connectivity index (χ4n) is 4.38. The Kier molecular flexibility index (Phi) is 8.44. The molecular weight excluding hydrogens is 481 g/mol. The number of benzene rings is 2. The number of hydrogen-bond donors (Lipinski definition) is 2. The number of nitrogens with one attached hydrogen (secondary N) is 2. The van der Waals surface area contributed by atoms with Gasteiger partial charge in [-0.1, -0.05) is 26.8 Å². The summed E-state index contributed by atoms with van der Waals surface area (Å²) in [5, 5.41) is 6.24. The first-order chi connectivity index (χ1) is 16.8. The zero-order valence-electron chi connectivity index (χ0n) is 21.6. The van der Waals surface area contributed by atoms with Crippen molar-refractivity contribution in [2.75, 3.05) is 24.7 Å². The number of piperidine rings is 1. The van der Waals surface area contributed by atoms with E-state index in [0.717, 1.165) is 11.3 Å². The van der Waals surface area contributed by atoms with E-state index in [9.17, 15) is 22.4 Å². The van der Waals surface area contributed by atoms with Crippen LogP contribution in [-0.4, -0.2) is 56.1 Å². The maximum absolute atomic E-state index is 14.3. The highest BCUT2D eigenvalue weighted by Crippen LogP contribution is 2.28. The van der Waals surface area contributed by atoms with E-state index in [1.165, 1.54) is 18.4 Å². The van der Waals surface area contributed by atoms with Crippen LogP contribution in [-0.2, 0) is 21.1 Å². The van der Waals surface area contributed by atoms with Crippen LogP contribution in [0.4, 0.5) is 10.1 Å². The molecule has 0 unspecified atom stereocenters. The van der Waals surface area contributed by atoms with E-state index in [2.05, 4.69) is 17.6 Å². The van der Waals surface area contributed by atoms with Gasteiger partial charge in [-0.25, -0.2) is 12.8 Å². The number of carbonyl (C=O) groups excluding carboxylic acids is 2. The van der Waals surface area contributed by atoms with E-state index >= 15 is 0 Å². The Bertz CT molecular complexity index is 1200. The van der Waals surface area contributed by atoms with Gasteiger partial charge in [0.2, 0.25) is 5.91 Å². The second-order valence-electron chi connectivity index (χ2n) is 10.2. The van der Waals surface area contributed by atoms with Crippen LogP contribution in [0.3, 0.4) is 0 Å². The minimum atomic E-state index is -3.26. The highest BCUT2D eigenvalue weighted by Gasteiger charge is 2.36. The van der Waals surface area contributed by atoms with Gasteiger partial charge in [0.05, 0.1) is 10.5 Å². The van der Waals surface area contributed by atoms with Gasteiger partial charge < -0.3 is 15.5 Å². The standard InChI is InChI=1S/C27H36FN3O4S/c1-6-19-7-12-23(28)22(17-19)25(32)29-24(18(2)3)26(33)31-15-13-27(4,14-16-31)30-20-8-10-21(11-9-20)36(5,34)35/h7-12,17-18,24,30H,6,13-16H2,1-5H3,(H,29,32)/t24-/m1/s1. The number of halogens is 1. The van der Waals surface area contributed by atoms with Gasteiger partial charge in [-0.05, 0) is 74.1 Å². The minimum absolute atomic E-state index is 0.0508. The van der Waals surface area contributed by atoms with Crippen LogP contribution in [0.1, 0.15) is 56.5 Å². The molecule has 2 aromatic carbocycles. The fraction of sp³-hybridized carbons (Fsp3) is 0.481. The number of aryl methyl sites for hydroxylation is 1. The number of amides is 2. The van der Waals surface area contributed by atoms with Crippen LogP contribution in [0.2, 0.25) is 0 Å². The number of nitrogens with zero attached hydrogens (tertiary/aromatic N) is 1. The van der Waals surface area contributed by atoms with Crippen molar-refractivity contribution in [2.45, 2.75) is 63.4 Å². The Balaban J connectivity index is 1.64. The maximum atomic E-state index is 14.3. The molecule has 2 N–H and O–H groups in total. The molecule has 2 aromatic rings. The van der Waals surface area contributed by atoms with Crippen LogP contribution in [0.15, 0.2) is 47.4 Å². The Morgan fingerprint density at radius 2 is 1.69 bits per heavy atom. The molecule has 2 amide bonds. The smallest absolute Gasteiger partial charge is 0.254 e. The normalized spacial score (nSPS) is 16.5. The number of likely N-dealkylation sites (tertiary alicyclic amines) is 1. The summed E-state index contributed by atoms with van der Waals surface area (Å²) < 4.78 is 37.7. The van der Waals surface area contributed by atoms with Gasteiger partial charge in [-0.15, -0.1) is 0 Å². The molecule has 0 aromatic heterocycles. The van der Waals surface area contributed by atoms with Crippen molar-refractivity contribution in [3.8, 4) is 0 Å². The Hall–Kier alpha value is -2.94. The third kappa shape index (κ3) is 6.63. The number of sulfone groups is 1. The first kappa shape index (κ1) is 27.6. The van der Waals surface area contributed by atoms with E-state index in [1.54, 1.807) is 35.2 Å². The SMILES string of the molecule is CCc1ccc(F)c(C(=O)N[C@@H](C(=O)N2CCC(C)(Nc3ccc(S(C)(=O)=O)cc3)CC2)C(C)C)c1. The first-order valence-electron chi connectivity index (χ1n) is 12.3. The largest absolute Gasteiger partial charge is 0.380 e. The first-order valence-corrected chi connectivity index (χ1v) is 14.2. The van der Waals surface area contributed by atoms with E-state index < -0.39 is 27.6 Å². The van der Waals surface area contributed by atoms with Crippen molar-refractivity contribution in [1.82, 2.24) is 10.2 Å². The third-order valence-electron chi connectivity index (χ3n) is 6.81. The van der Waals surface area contributed by atoms with Gasteiger partial charge in [0.1, 0.15) is 11.9 Å². The maximum Gasteiger partial charge on any atom is 0.254 e. The van der Waals surface area contributed by atoms with E-state index in [-0.39, 0.29) is 27.8 Å². The summed E-state index contributed by atoms with van der Waals surface area (Å²) in [5.74, 6) is -1.54. The lowest BCUT2D eigenvalue weighted by Gasteiger charge is -2.42. The molecule has 7 nitrogen and oxygen atoms in total. The highest BCUT2D eigenvalue weighted by molar-refractivity contribution is 7.90. The lowest BCUT2D eigenvalue weighted by Crippen LogP contribution is -2.56. The highest BCUT2D eigenvalue weighted by atomic mass is 32.2. The summed E-state index contributed by atoms with van der Waals surface area (Å²) >= 11 is 0. The number of anilines is 1. The Morgan fingerprint density at radius 1 is 1.08 bits per heavy atom. The molecule has 9 heteroatoms. The zero-order valence-corrected chi connectivity index (χ0v) is 22.4. The summed E-state index contributed by atoms with van der Waals surface area (Å²) in [4.78, 5) is 28.2. The molecule has 0 spiro atoms. The summed E-state index contributed by atoms with van der Waals surface area (Å²) in [6.45, 7) is 8.73. The molecule has 0 saturated carbocycles. The van der Waals surface area contributed by atoms with Gasteiger partial charge in [-0.2, -0.15) is 0 Å².